The van der Waals surface area contributed by atoms with Gasteiger partial charge >= 0.3 is 12.1 Å². The summed E-state index contributed by atoms with van der Waals surface area (Å²) in [6, 6.07) is 21.7. The van der Waals surface area contributed by atoms with Crippen molar-refractivity contribution in [1.82, 2.24) is 19.8 Å². The Morgan fingerprint density at radius 1 is 0.885 bits per heavy atom. The van der Waals surface area contributed by atoms with Crippen molar-refractivity contribution in [3.05, 3.63) is 124 Å². The first-order valence-corrected chi connectivity index (χ1v) is 17.0. The minimum atomic E-state index is -5.39. The SMILES string of the molecule is O=C1[C@H](Cc2cnc[nH]2)N2C(=O)c3cc([N+](=O)[O-])ccc3N(CCCCc3ccccc3)C2C(OC(=O)C(F)(F)F)N1CCCCc1ccccc1. The molecule has 2 amide bonds. The topological polar surface area (TPSA) is 142 Å². The van der Waals surface area contributed by atoms with Gasteiger partial charge in [0.1, 0.15) is 6.04 Å². The third-order valence-corrected chi connectivity index (χ3v) is 9.38. The van der Waals surface area contributed by atoms with Crippen LogP contribution in [-0.4, -0.2) is 80.2 Å². The van der Waals surface area contributed by atoms with Gasteiger partial charge in [0, 0.05) is 43.5 Å². The summed E-state index contributed by atoms with van der Waals surface area (Å²) in [5.74, 6) is -4.03. The van der Waals surface area contributed by atoms with E-state index in [0.29, 0.717) is 44.2 Å². The van der Waals surface area contributed by atoms with Crippen LogP contribution in [0.3, 0.4) is 0 Å². The molecule has 1 aromatic heterocycles. The van der Waals surface area contributed by atoms with Crippen LogP contribution in [-0.2, 0) is 33.6 Å². The first-order chi connectivity index (χ1) is 25.0. The number of aromatic amines is 1. The van der Waals surface area contributed by atoms with Crippen molar-refractivity contribution in [2.24, 2.45) is 0 Å². The zero-order chi connectivity index (χ0) is 36.8. The number of unbranched alkanes of at least 4 members (excludes halogenated alkanes) is 2. The summed E-state index contributed by atoms with van der Waals surface area (Å²) in [4.78, 5) is 63.5. The highest BCUT2D eigenvalue weighted by Crippen LogP contribution is 2.41. The maximum Gasteiger partial charge on any atom is 0.491 e. The third kappa shape index (κ3) is 7.92. The average molecular weight is 719 g/mol. The largest absolute Gasteiger partial charge is 0.491 e. The van der Waals surface area contributed by atoms with E-state index in [4.69, 9.17) is 4.74 Å². The lowest BCUT2D eigenvalue weighted by molar-refractivity contribution is -0.384. The maximum atomic E-state index is 14.5. The number of imidazole rings is 1. The molecule has 52 heavy (non-hydrogen) atoms. The fourth-order valence-electron chi connectivity index (χ4n) is 6.92. The molecule has 0 spiro atoms. The van der Waals surface area contributed by atoms with E-state index in [2.05, 4.69) is 9.97 Å². The predicted molar refractivity (Wildman–Crippen MR) is 183 cm³/mol. The standard InChI is InChI=1S/C37H37F3N6O6/c38-37(39,40)36(49)52-35-32-43(19-9-7-15-25-11-3-1-4-12-25)30-18-17-28(46(50)51)22-29(30)33(47)45(32)31(21-27-23-41-24-42-27)34(48)44(35)20-10-8-16-26-13-5-2-6-14-26/h1-6,11-14,17-18,22-24,31-32,35H,7-10,15-16,19-21H2,(H,41,42)/t31-,32?,35?/m0/s1. The smallest absolute Gasteiger partial charge is 0.430 e. The summed E-state index contributed by atoms with van der Waals surface area (Å²) >= 11 is 0. The number of anilines is 1. The Bertz CT molecular complexity index is 1880. The number of aryl methyl sites for hydroxylation is 2. The summed E-state index contributed by atoms with van der Waals surface area (Å²) in [5.41, 5.74) is 2.36. The number of benzene rings is 3. The molecule has 1 saturated heterocycles. The van der Waals surface area contributed by atoms with Crippen molar-refractivity contribution in [2.75, 3.05) is 18.0 Å². The number of non-ortho nitro benzene ring substituents is 1. The Balaban J connectivity index is 1.41. The van der Waals surface area contributed by atoms with Crippen LogP contribution in [0.1, 0.15) is 52.9 Å². The number of amides is 2. The highest BCUT2D eigenvalue weighted by molar-refractivity contribution is 6.05. The number of ether oxygens (including phenoxy) is 1. The van der Waals surface area contributed by atoms with Gasteiger partial charge in [0.2, 0.25) is 12.1 Å². The van der Waals surface area contributed by atoms with Gasteiger partial charge in [-0.3, -0.25) is 19.7 Å². The molecule has 0 bridgehead atoms. The van der Waals surface area contributed by atoms with Crippen molar-refractivity contribution >= 4 is 29.2 Å². The number of alkyl halides is 3. The second-order valence-electron chi connectivity index (χ2n) is 12.8. The second kappa shape index (κ2) is 15.7. The van der Waals surface area contributed by atoms with E-state index in [9.17, 15) is 37.7 Å². The molecule has 15 heteroatoms. The lowest BCUT2D eigenvalue weighted by Crippen LogP contribution is -2.75. The van der Waals surface area contributed by atoms with E-state index in [1.54, 1.807) is 4.90 Å². The molecule has 4 aromatic rings. The Labute approximate surface area is 297 Å². The Hall–Kier alpha value is -5.73. The van der Waals surface area contributed by atoms with E-state index in [-0.39, 0.29) is 36.4 Å². The molecule has 0 aliphatic carbocycles. The number of halogens is 3. The molecule has 3 atom stereocenters. The summed E-state index contributed by atoms with van der Waals surface area (Å²) < 4.78 is 46.8. The van der Waals surface area contributed by atoms with Crippen molar-refractivity contribution in [3.63, 3.8) is 0 Å². The Morgan fingerprint density at radius 2 is 1.50 bits per heavy atom. The van der Waals surface area contributed by atoms with Gasteiger partial charge in [0.15, 0.2) is 6.17 Å². The minimum absolute atomic E-state index is 0.0611. The van der Waals surface area contributed by atoms with E-state index < -0.39 is 47.3 Å². The number of carbonyl (C=O) groups is 3. The van der Waals surface area contributed by atoms with Crippen molar-refractivity contribution < 1.29 is 37.2 Å². The van der Waals surface area contributed by atoms with E-state index in [1.165, 1.54) is 24.7 Å². The molecule has 2 aliphatic heterocycles. The van der Waals surface area contributed by atoms with Crippen LogP contribution >= 0.6 is 0 Å². The van der Waals surface area contributed by atoms with Gasteiger partial charge in [-0.05, 0) is 55.7 Å². The zero-order valence-corrected chi connectivity index (χ0v) is 28.1. The fraction of sp³-hybridized carbons (Fsp3) is 0.351. The molecule has 0 radical (unpaired) electrons. The van der Waals surface area contributed by atoms with E-state index in [0.717, 1.165) is 27.0 Å². The number of hydrogen-bond donors (Lipinski definition) is 1. The van der Waals surface area contributed by atoms with Crippen LogP contribution in [0, 0.1) is 10.1 Å². The summed E-state index contributed by atoms with van der Waals surface area (Å²) in [6.07, 6.45) is -2.46. The number of rotatable bonds is 14. The predicted octanol–water partition coefficient (Wildman–Crippen LogP) is 5.84. The number of aromatic nitrogens is 2. The molecular weight excluding hydrogens is 681 g/mol. The first kappa shape index (κ1) is 36.1. The second-order valence-corrected chi connectivity index (χ2v) is 12.8. The molecule has 272 valence electrons. The molecule has 3 aromatic carbocycles. The van der Waals surface area contributed by atoms with Gasteiger partial charge in [-0.1, -0.05) is 60.7 Å². The van der Waals surface area contributed by atoms with Gasteiger partial charge in [-0.15, -0.1) is 0 Å². The lowest BCUT2D eigenvalue weighted by atomic mass is 9.94. The number of nitro groups is 1. The molecule has 2 aliphatic rings. The summed E-state index contributed by atoms with van der Waals surface area (Å²) in [6.45, 7) is 0.105. The van der Waals surface area contributed by atoms with E-state index >= 15 is 0 Å². The van der Waals surface area contributed by atoms with Gasteiger partial charge in [0.05, 0.1) is 22.5 Å². The van der Waals surface area contributed by atoms with Crippen LogP contribution in [0.2, 0.25) is 0 Å². The quantitative estimate of drug-likeness (QED) is 0.0743. The number of H-pyrrole nitrogens is 1. The summed E-state index contributed by atoms with van der Waals surface area (Å²) in [7, 11) is 0. The fourth-order valence-corrected chi connectivity index (χ4v) is 6.92. The number of carbonyl (C=O) groups excluding carboxylic acids is 3. The van der Waals surface area contributed by atoms with Crippen LogP contribution in [0.5, 0.6) is 0 Å². The van der Waals surface area contributed by atoms with Gasteiger partial charge in [-0.2, -0.15) is 13.2 Å². The number of nitrogens with zero attached hydrogens (tertiary/aromatic N) is 5. The maximum absolute atomic E-state index is 14.5. The van der Waals surface area contributed by atoms with Crippen molar-refractivity contribution in [3.8, 4) is 0 Å². The molecule has 0 saturated carbocycles. The molecule has 2 unspecified atom stereocenters. The highest BCUT2D eigenvalue weighted by atomic mass is 19.4. The van der Waals surface area contributed by atoms with Crippen molar-refractivity contribution in [1.29, 1.82) is 0 Å². The molecule has 6 rings (SSSR count). The van der Waals surface area contributed by atoms with Crippen LogP contribution < -0.4 is 4.90 Å². The first-order valence-electron chi connectivity index (χ1n) is 17.0. The Kier molecular flexibility index (Phi) is 10.9. The van der Waals surface area contributed by atoms with Gasteiger partial charge in [0.25, 0.3) is 11.6 Å². The number of nitro benzene ring substituents is 1. The molecular formula is C37H37F3N6O6. The zero-order valence-electron chi connectivity index (χ0n) is 28.1. The molecule has 12 nitrogen and oxygen atoms in total. The normalized spacial score (nSPS) is 18.6. The highest BCUT2D eigenvalue weighted by Gasteiger charge is 2.57. The number of fused-ring (bicyclic) bond motifs is 2. The van der Waals surface area contributed by atoms with Crippen molar-refractivity contribution in [2.45, 2.75) is 69.6 Å². The minimum Gasteiger partial charge on any atom is -0.430 e. The lowest BCUT2D eigenvalue weighted by Gasteiger charge is -2.56. The van der Waals surface area contributed by atoms with Crippen LogP contribution in [0.15, 0.2) is 91.4 Å². The molecule has 1 N–H and O–H groups in total. The third-order valence-electron chi connectivity index (χ3n) is 9.38. The van der Waals surface area contributed by atoms with Crippen LogP contribution in [0.4, 0.5) is 24.5 Å². The number of esters is 1. The van der Waals surface area contributed by atoms with Gasteiger partial charge < -0.3 is 24.4 Å². The van der Waals surface area contributed by atoms with E-state index in [1.807, 2.05) is 60.7 Å². The average Bonchev–Trinajstić information content (AvgIpc) is 3.65. The Morgan fingerprint density at radius 3 is 2.06 bits per heavy atom. The monoisotopic (exact) mass is 718 g/mol. The molecule has 1 fully saturated rings. The number of hydrogen-bond acceptors (Lipinski definition) is 8. The van der Waals surface area contributed by atoms with Crippen LogP contribution in [0.25, 0.3) is 0 Å². The molecule has 3 heterocycles. The number of piperazine rings is 1. The summed E-state index contributed by atoms with van der Waals surface area (Å²) in [5, 5.41) is 11.8. The van der Waals surface area contributed by atoms with Gasteiger partial charge in [-0.25, -0.2) is 9.78 Å². The number of nitrogens with one attached hydrogen (secondary N) is 1.